The zero-order valence-corrected chi connectivity index (χ0v) is 15.5. The molecule has 1 N–H and O–H groups in total. The molecule has 1 heterocycles. The van der Waals surface area contributed by atoms with Crippen molar-refractivity contribution in [1.82, 2.24) is 10.2 Å². The summed E-state index contributed by atoms with van der Waals surface area (Å²) < 4.78 is 0. The number of likely N-dealkylation sites (tertiary alicyclic amines) is 1. The first-order valence-corrected chi connectivity index (χ1v) is 9.18. The molecule has 1 aliphatic rings. The number of aryl methyl sites for hydroxylation is 1. The van der Waals surface area contributed by atoms with Crippen molar-refractivity contribution in [3.05, 3.63) is 71.3 Å². The quantitative estimate of drug-likeness (QED) is 0.869. The number of benzene rings is 2. The van der Waals surface area contributed by atoms with Crippen LogP contribution in [-0.4, -0.2) is 28.8 Å². The van der Waals surface area contributed by atoms with E-state index >= 15 is 0 Å². The van der Waals surface area contributed by atoms with E-state index in [1.165, 1.54) is 11.1 Å². The fourth-order valence-electron chi connectivity index (χ4n) is 3.59. The van der Waals surface area contributed by atoms with Gasteiger partial charge in [0.1, 0.15) is 5.54 Å². The highest BCUT2D eigenvalue weighted by Crippen LogP contribution is 2.30. The molecule has 1 aliphatic heterocycles. The molecule has 1 atom stereocenters. The number of rotatable bonds is 6. The molecule has 2 aromatic carbocycles. The highest BCUT2D eigenvalue weighted by molar-refractivity contribution is 5.94. The van der Waals surface area contributed by atoms with Gasteiger partial charge in [0.15, 0.2) is 0 Å². The number of nitrogens with one attached hydrogen (secondary N) is 1. The summed E-state index contributed by atoms with van der Waals surface area (Å²) in [4.78, 5) is 27.1. The zero-order chi connectivity index (χ0) is 18.6. The summed E-state index contributed by atoms with van der Waals surface area (Å²) in [5.74, 6) is -0.00654. The highest BCUT2D eigenvalue weighted by atomic mass is 16.2. The molecular formula is C22H26N2O2. The van der Waals surface area contributed by atoms with Crippen LogP contribution in [0.25, 0.3) is 0 Å². The van der Waals surface area contributed by atoms with Gasteiger partial charge in [-0.3, -0.25) is 9.59 Å². The van der Waals surface area contributed by atoms with Gasteiger partial charge in [0.2, 0.25) is 11.8 Å². The van der Waals surface area contributed by atoms with Crippen LogP contribution in [0.4, 0.5) is 0 Å². The molecule has 1 fully saturated rings. The maximum atomic E-state index is 12.9. The first kappa shape index (κ1) is 18.2. The summed E-state index contributed by atoms with van der Waals surface area (Å²) in [6.45, 7) is 5.01. The lowest BCUT2D eigenvalue weighted by molar-refractivity contribution is -0.140. The predicted octanol–water partition coefficient (Wildman–Crippen LogP) is 3.24. The summed E-state index contributed by atoms with van der Waals surface area (Å²) in [5, 5.41) is 3.01. The molecule has 0 aromatic heterocycles. The van der Waals surface area contributed by atoms with Crippen molar-refractivity contribution < 1.29 is 9.59 Å². The Balaban J connectivity index is 1.66. The summed E-state index contributed by atoms with van der Waals surface area (Å²) in [6, 6.07) is 18.0. The average molecular weight is 350 g/mol. The summed E-state index contributed by atoms with van der Waals surface area (Å²) in [5.41, 5.74) is 2.73. The number of carbonyl (C=O) groups is 2. The van der Waals surface area contributed by atoms with E-state index in [1.54, 1.807) is 4.90 Å². The van der Waals surface area contributed by atoms with E-state index in [0.29, 0.717) is 25.9 Å². The lowest BCUT2D eigenvalue weighted by Gasteiger charge is -2.34. The van der Waals surface area contributed by atoms with Crippen LogP contribution in [0.15, 0.2) is 54.6 Å². The summed E-state index contributed by atoms with van der Waals surface area (Å²) in [7, 11) is 0. The maximum absolute atomic E-state index is 12.9. The third-order valence-corrected chi connectivity index (χ3v) is 5.37. The number of hydrogen-bond donors (Lipinski definition) is 1. The maximum Gasteiger partial charge on any atom is 0.245 e. The van der Waals surface area contributed by atoms with E-state index in [1.807, 2.05) is 49.4 Å². The lowest BCUT2D eigenvalue weighted by Crippen LogP contribution is -2.54. The minimum atomic E-state index is -0.769. The predicted molar refractivity (Wildman–Crippen MR) is 103 cm³/mol. The Labute approximate surface area is 155 Å². The Hall–Kier alpha value is -2.62. The smallest absolute Gasteiger partial charge is 0.245 e. The van der Waals surface area contributed by atoms with E-state index in [2.05, 4.69) is 24.4 Å². The van der Waals surface area contributed by atoms with Gasteiger partial charge in [0.05, 0.1) is 0 Å². The molecular weight excluding hydrogens is 324 g/mol. The second-order valence-electron chi connectivity index (χ2n) is 7.16. The van der Waals surface area contributed by atoms with Gasteiger partial charge in [0.25, 0.3) is 0 Å². The molecule has 26 heavy (non-hydrogen) atoms. The van der Waals surface area contributed by atoms with Gasteiger partial charge in [0, 0.05) is 19.5 Å². The molecule has 0 bridgehead atoms. The molecule has 2 aromatic rings. The van der Waals surface area contributed by atoms with Crippen molar-refractivity contribution >= 4 is 11.8 Å². The van der Waals surface area contributed by atoms with Crippen molar-refractivity contribution in [2.75, 3.05) is 6.54 Å². The fraction of sp³-hybridized carbons (Fsp3) is 0.364. The van der Waals surface area contributed by atoms with E-state index in [4.69, 9.17) is 0 Å². The Kier molecular flexibility index (Phi) is 5.40. The van der Waals surface area contributed by atoms with E-state index in [-0.39, 0.29) is 11.8 Å². The SMILES string of the molecule is Cc1ccccc1CCN1C(=O)CCC1(C)C(=O)NCc1ccccc1. The van der Waals surface area contributed by atoms with Crippen molar-refractivity contribution in [2.24, 2.45) is 0 Å². The van der Waals surface area contributed by atoms with Crippen LogP contribution in [-0.2, 0) is 22.6 Å². The number of amides is 2. The van der Waals surface area contributed by atoms with Crippen LogP contribution < -0.4 is 5.32 Å². The molecule has 0 aliphatic carbocycles. The normalized spacial score (nSPS) is 19.6. The van der Waals surface area contributed by atoms with Gasteiger partial charge in [-0.15, -0.1) is 0 Å². The van der Waals surface area contributed by atoms with Crippen molar-refractivity contribution in [3.63, 3.8) is 0 Å². The molecule has 2 amide bonds. The van der Waals surface area contributed by atoms with E-state index < -0.39 is 5.54 Å². The third-order valence-electron chi connectivity index (χ3n) is 5.37. The van der Waals surface area contributed by atoms with Gasteiger partial charge >= 0.3 is 0 Å². The monoisotopic (exact) mass is 350 g/mol. The largest absolute Gasteiger partial charge is 0.350 e. The van der Waals surface area contributed by atoms with Crippen molar-refractivity contribution in [2.45, 2.75) is 45.2 Å². The number of hydrogen-bond acceptors (Lipinski definition) is 2. The molecule has 4 heteroatoms. The Bertz CT molecular complexity index is 788. The van der Waals surface area contributed by atoms with Gasteiger partial charge in [-0.25, -0.2) is 0 Å². The molecule has 3 rings (SSSR count). The summed E-state index contributed by atoms with van der Waals surface area (Å²) >= 11 is 0. The Morgan fingerprint density at radius 2 is 1.81 bits per heavy atom. The molecule has 0 spiro atoms. The minimum Gasteiger partial charge on any atom is -0.350 e. The second kappa shape index (κ2) is 7.73. The van der Waals surface area contributed by atoms with Crippen LogP contribution in [0, 0.1) is 6.92 Å². The molecule has 1 unspecified atom stereocenters. The van der Waals surface area contributed by atoms with Crippen LogP contribution in [0.2, 0.25) is 0 Å². The van der Waals surface area contributed by atoms with Crippen LogP contribution in [0.5, 0.6) is 0 Å². The standard InChI is InChI=1S/C22H26N2O2/c1-17-8-6-7-11-19(17)13-15-24-20(25)12-14-22(24,2)21(26)23-16-18-9-4-3-5-10-18/h3-11H,12-16H2,1-2H3,(H,23,26). The van der Waals surface area contributed by atoms with Crippen LogP contribution in [0.1, 0.15) is 36.5 Å². The fourth-order valence-corrected chi connectivity index (χ4v) is 3.59. The zero-order valence-electron chi connectivity index (χ0n) is 15.5. The number of carbonyl (C=O) groups excluding carboxylic acids is 2. The molecule has 0 radical (unpaired) electrons. The first-order chi connectivity index (χ1) is 12.5. The number of nitrogens with zero attached hydrogens (tertiary/aromatic N) is 1. The molecule has 0 saturated carbocycles. The van der Waals surface area contributed by atoms with Crippen LogP contribution >= 0.6 is 0 Å². The van der Waals surface area contributed by atoms with Gasteiger partial charge in [-0.1, -0.05) is 54.6 Å². The van der Waals surface area contributed by atoms with Gasteiger partial charge < -0.3 is 10.2 Å². The molecule has 4 nitrogen and oxygen atoms in total. The topological polar surface area (TPSA) is 49.4 Å². The first-order valence-electron chi connectivity index (χ1n) is 9.18. The Morgan fingerprint density at radius 3 is 2.54 bits per heavy atom. The lowest BCUT2D eigenvalue weighted by atomic mass is 9.96. The highest BCUT2D eigenvalue weighted by Gasteiger charge is 2.46. The van der Waals surface area contributed by atoms with Crippen molar-refractivity contribution in [1.29, 1.82) is 0 Å². The van der Waals surface area contributed by atoms with E-state index in [0.717, 1.165) is 12.0 Å². The molecule has 1 saturated heterocycles. The van der Waals surface area contributed by atoms with E-state index in [9.17, 15) is 9.59 Å². The van der Waals surface area contributed by atoms with Crippen LogP contribution in [0.3, 0.4) is 0 Å². The van der Waals surface area contributed by atoms with Gasteiger partial charge in [-0.2, -0.15) is 0 Å². The van der Waals surface area contributed by atoms with Gasteiger partial charge in [-0.05, 0) is 43.4 Å². The third kappa shape index (κ3) is 3.79. The minimum absolute atomic E-state index is 0.0657. The average Bonchev–Trinajstić information content (AvgIpc) is 2.95. The molecule has 136 valence electrons. The summed E-state index contributed by atoms with van der Waals surface area (Å²) in [6.07, 6.45) is 1.77. The van der Waals surface area contributed by atoms with Crippen molar-refractivity contribution in [3.8, 4) is 0 Å². The Morgan fingerprint density at radius 1 is 1.12 bits per heavy atom. The second-order valence-corrected chi connectivity index (χ2v) is 7.16.